The highest BCUT2D eigenvalue weighted by Crippen LogP contribution is 2.22. The minimum Gasteiger partial charge on any atom is -0.384 e. The molecule has 14 heavy (non-hydrogen) atoms. The van der Waals surface area contributed by atoms with E-state index in [4.69, 9.17) is 5.73 Å². The zero-order valence-electron chi connectivity index (χ0n) is 8.48. The minimum atomic E-state index is 0.549. The monoisotopic (exact) mass is 192 g/mol. The van der Waals surface area contributed by atoms with Crippen LogP contribution in [0.25, 0.3) is 0 Å². The van der Waals surface area contributed by atoms with Crippen molar-refractivity contribution in [2.45, 2.75) is 32.2 Å². The molecule has 1 aliphatic rings. The second kappa shape index (κ2) is 3.82. The van der Waals surface area contributed by atoms with Gasteiger partial charge in [0.1, 0.15) is 18.0 Å². The first-order valence-electron chi connectivity index (χ1n) is 5.11. The first-order chi connectivity index (χ1) is 6.77. The van der Waals surface area contributed by atoms with Gasteiger partial charge in [0.15, 0.2) is 0 Å². The van der Waals surface area contributed by atoms with Gasteiger partial charge in [-0.1, -0.05) is 0 Å². The van der Waals surface area contributed by atoms with Crippen LogP contribution in [0.3, 0.4) is 0 Å². The van der Waals surface area contributed by atoms with Gasteiger partial charge in [-0.25, -0.2) is 9.97 Å². The maximum atomic E-state index is 5.63. The molecule has 0 amide bonds. The first-order valence-corrected chi connectivity index (χ1v) is 5.11. The molecule has 4 heteroatoms. The molecule has 1 aromatic heterocycles. The number of nitrogen functional groups attached to an aromatic ring is 1. The average molecular weight is 192 g/mol. The Bertz CT molecular complexity index is 313. The first kappa shape index (κ1) is 9.24. The molecule has 0 aromatic carbocycles. The number of rotatable bonds is 1. The Hall–Kier alpha value is -1.32. The maximum absolute atomic E-state index is 5.63. The van der Waals surface area contributed by atoms with Gasteiger partial charge in [0.25, 0.3) is 0 Å². The summed E-state index contributed by atoms with van der Waals surface area (Å²) in [6, 6.07) is 2.42. The number of hydrogen-bond acceptors (Lipinski definition) is 4. The van der Waals surface area contributed by atoms with E-state index in [1.54, 1.807) is 0 Å². The molecule has 4 nitrogen and oxygen atoms in total. The fourth-order valence-electron chi connectivity index (χ4n) is 1.96. The number of hydrogen-bond donors (Lipinski definition) is 1. The molecule has 0 aliphatic carbocycles. The normalized spacial score (nSPS) is 22.4. The van der Waals surface area contributed by atoms with Crippen molar-refractivity contribution in [3.63, 3.8) is 0 Å². The molecule has 1 aromatic rings. The third-order valence-corrected chi connectivity index (χ3v) is 2.77. The average Bonchev–Trinajstić information content (AvgIpc) is 2.18. The third-order valence-electron chi connectivity index (χ3n) is 2.77. The maximum Gasteiger partial charge on any atom is 0.134 e. The van der Waals surface area contributed by atoms with Crippen molar-refractivity contribution < 1.29 is 0 Å². The highest BCUT2D eigenvalue weighted by Gasteiger charge is 2.19. The van der Waals surface area contributed by atoms with Crippen LogP contribution in [0.15, 0.2) is 12.4 Å². The Balaban J connectivity index is 2.20. The standard InChI is InChI=1S/C10H16N4/c1-8-4-2-3-5-14(8)10-6-9(11)12-7-13-10/h6-8H,2-5H2,1H3,(H2,11,12,13)/t8-/m0/s1. The summed E-state index contributed by atoms with van der Waals surface area (Å²) < 4.78 is 0. The molecule has 0 bridgehead atoms. The molecule has 1 fully saturated rings. The molecule has 0 spiro atoms. The lowest BCUT2D eigenvalue weighted by Gasteiger charge is -2.34. The number of piperidine rings is 1. The molecule has 2 N–H and O–H groups in total. The van der Waals surface area contributed by atoms with E-state index in [0.717, 1.165) is 12.4 Å². The molecule has 0 saturated carbocycles. The van der Waals surface area contributed by atoms with Gasteiger partial charge in [0.2, 0.25) is 0 Å². The second-order valence-corrected chi connectivity index (χ2v) is 3.84. The number of aromatic nitrogens is 2. The second-order valence-electron chi connectivity index (χ2n) is 3.84. The van der Waals surface area contributed by atoms with Gasteiger partial charge in [0.05, 0.1) is 0 Å². The van der Waals surface area contributed by atoms with E-state index in [2.05, 4.69) is 21.8 Å². The molecule has 1 aliphatic heterocycles. The van der Waals surface area contributed by atoms with Crippen LogP contribution in [-0.2, 0) is 0 Å². The van der Waals surface area contributed by atoms with Gasteiger partial charge in [-0.2, -0.15) is 0 Å². The van der Waals surface area contributed by atoms with Crippen LogP contribution in [0.1, 0.15) is 26.2 Å². The van der Waals surface area contributed by atoms with Crippen molar-refractivity contribution in [3.05, 3.63) is 12.4 Å². The van der Waals surface area contributed by atoms with Crippen LogP contribution in [0.2, 0.25) is 0 Å². The number of nitrogens with zero attached hydrogens (tertiary/aromatic N) is 3. The van der Waals surface area contributed by atoms with Crippen molar-refractivity contribution >= 4 is 11.6 Å². The van der Waals surface area contributed by atoms with E-state index in [1.165, 1.54) is 25.6 Å². The summed E-state index contributed by atoms with van der Waals surface area (Å²) in [5, 5.41) is 0. The Morgan fingerprint density at radius 2 is 2.29 bits per heavy atom. The quantitative estimate of drug-likeness (QED) is 0.731. The van der Waals surface area contributed by atoms with Crippen molar-refractivity contribution in [2.75, 3.05) is 17.2 Å². The van der Waals surface area contributed by atoms with Gasteiger partial charge in [0, 0.05) is 18.7 Å². The predicted molar refractivity (Wildman–Crippen MR) is 57.1 cm³/mol. The Morgan fingerprint density at radius 3 is 3.00 bits per heavy atom. The van der Waals surface area contributed by atoms with E-state index >= 15 is 0 Å². The lowest BCUT2D eigenvalue weighted by molar-refractivity contribution is 0.481. The van der Waals surface area contributed by atoms with E-state index < -0.39 is 0 Å². The Labute approximate surface area is 84.2 Å². The fraction of sp³-hybridized carbons (Fsp3) is 0.600. The summed E-state index contributed by atoms with van der Waals surface area (Å²) in [6.07, 6.45) is 5.34. The topological polar surface area (TPSA) is 55.0 Å². The fourth-order valence-corrected chi connectivity index (χ4v) is 1.96. The van der Waals surface area contributed by atoms with Crippen LogP contribution in [-0.4, -0.2) is 22.6 Å². The SMILES string of the molecule is C[C@H]1CCCCN1c1cc(N)ncn1. The van der Waals surface area contributed by atoms with Crippen LogP contribution >= 0.6 is 0 Å². The van der Waals surface area contributed by atoms with E-state index in [0.29, 0.717) is 11.9 Å². The number of anilines is 2. The van der Waals surface area contributed by atoms with Gasteiger partial charge in [-0.3, -0.25) is 0 Å². The zero-order valence-corrected chi connectivity index (χ0v) is 8.48. The lowest BCUT2D eigenvalue weighted by Crippen LogP contribution is -2.38. The molecule has 0 unspecified atom stereocenters. The molecular weight excluding hydrogens is 176 g/mol. The van der Waals surface area contributed by atoms with Crippen LogP contribution in [0.4, 0.5) is 11.6 Å². The summed E-state index contributed by atoms with van der Waals surface area (Å²) in [4.78, 5) is 10.5. The van der Waals surface area contributed by atoms with E-state index in [1.807, 2.05) is 6.07 Å². The zero-order chi connectivity index (χ0) is 9.97. The molecule has 76 valence electrons. The van der Waals surface area contributed by atoms with Crippen molar-refractivity contribution in [1.29, 1.82) is 0 Å². The van der Waals surface area contributed by atoms with Crippen molar-refractivity contribution in [2.24, 2.45) is 0 Å². The van der Waals surface area contributed by atoms with Crippen LogP contribution in [0, 0.1) is 0 Å². The minimum absolute atomic E-state index is 0.549. The Kier molecular flexibility index (Phi) is 2.52. The van der Waals surface area contributed by atoms with Crippen molar-refractivity contribution in [3.8, 4) is 0 Å². The van der Waals surface area contributed by atoms with Gasteiger partial charge in [-0.15, -0.1) is 0 Å². The van der Waals surface area contributed by atoms with Crippen LogP contribution in [0.5, 0.6) is 0 Å². The summed E-state index contributed by atoms with van der Waals surface area (Å²) in [5.41, 5.74) is 5.63. The predicted octanol–water partition coefficient (Wildman–Crippen LogP) is 1.44. The largest absolute Gasteiger partial charge is 0.384 e. The van der Waals surface area contributed by atoms with Gasteiger partial charge in [-0.05, 0) is 26.2 Å². The van der Waals surface area contributed by atoms with E-state index in [-0.39, 0.29) is 0 Å². The van der Waals surface area contributed by atoms with Crippen molar-refractivity contribution in [1.82, 2.24) is 9.97 Å². The highest BCUT2D eigenvalue weighted by atomic mass is 15.2. The summed E-state index contributed by atoms with van der Waals surface area (Å²) >= 11 is 0. The summed E-state index contributed by atoms with van der Waals surface area (Å²) in [7, 11) is 0. The van der Waals surface area contributed by atoms with Crippen LogP contribution < -0.4 is 10.6 Å². The molecular formula is C10H16N4. The number of nitrogens with two attached hydrogens (primary N) is 1. The summed E-state index contributed by atoms with van der Waals surface area (Å²) in [6.45, 7) is 3.31. The molecule has 2 heterocycles. The molecule has 1 atom stereocenters. The Morgan fingerprint density at radius 1 is 1.43 bits per heavy atom. The lowest BCUT2D eigenvalue weighted by atomic mass is 10.0. The smallest absolute Gasteiger partial charge is 0.134 e. The molecule has 2 rings (SSSR count). The highest BCUT2D eigenvalue weighted by molar-refractivity contribution is 5.46. The summed E-state index contributed by atoms with van der Waals surface area (Å²) in [5.74, 6) is 1.51. The molecule has 1 saturated heterocycles. The van der Waals surface area contributed by atoms with Gasteiger partial charge >= 0.3 is 0 Å². The van der Waals surface area contributed by atoms with E-state index in [9.17, 15) is 0 Å². The third kappa shape index (κ3) is 1.78. The molecule has 0 radical (unpaired) electrons. The van der Waals surface area contributed by atoms with Gasteiger partial charge < -0.3 is 10.6 Å².